The summed E-state index contributed by atoms with van der Waals surface area (Å²) in [7, 11) is 0. The van der Waals surface area contributed by atoms with Gasteiger partial charge in [0.1, 0.15) is 5.82 Å². The van der Waals surface area contributed by atoms with E-state index in [0.29, 0.717) is 5.56 Å². The first-order valence-corrected chi connectivity index (χ1v) is 7.41. The maximum atomic E-state index is 11.4. The molecule has 1 aromatic carbocycles. The van der Waals surface area contributed by atoms with Gasteiger partial charge < -0.3 is 4.90 Å². The van der Waals surface area contributed by atoms with Gasteiger partial charge >= 0.3 is 0 Å². The summed E-state index contributed by atoms with van der Waals surface area (Å²) in [6, 6.07) is 9.92. The second-order valence-electron chi connectivity index (χ2n) is 5.55. The van der Waals surface area contributed by atoms with Crippen LogP contribution in [0.3, 0.4) is 0 Å². The smallest absolute Gasteiger partial charge is 0.153 e. The molecule has 0 saturated heterocycles. The van der Waals surface area contributed by atoms with Crippen LogP contribution >= 0.6 is 0 Å². The van der Waals surface area contributed by atoms with Gasteiger partial charge in [-0.3, -0.25) is 4.79 Å². The number of anilines is 1. The highest BCUT2D eigenvalue weighted by Gasteiger charge is 2.22. The lowest BCUT2D eigenvalue weighted by molar-refractivity contribution is 0.112. The zero-order chi connectivity index (χ0) is 13.9. The first-order chi connectivity index (χ1) is 9.81. The van der Waals surface area contributed by atoms with Gasteiger partial charge in [0.2, 0.25) is 0 Å². The van der Waals surface area contributed by atoms with Crippen molar-refractivity contribution in [3.63, 3.8) is 0 Å². The zero-order valence-corrected chi connectivity index (χ0v) is 11.9. The number of aldehydes is 1. The lowest BCUT2D eigenvalue weighted by atomic mass is 9.85. The molecule has 1 aliphatic carbocycles. The van der Waals surface area contributed by atoms with E-state index >= 15 is 0 Å². The van der Waals surface area contributed by atoms with Gasteiger partial charge in [-0.05, 0) is 37.8 Å². The van der Waals surface area contributed by atoms with Crippen LogP contribution < -0.4 is 4.90 Å². The second kappa shape index (κ2) is 5.61. The van der Waals surface area contributed by atoms with Gasteiger partial charge in [-0.2, -0.15) is 0 Å². The molecule has 1 saturated carbocycles. The van der Waals surface area contributed by atoms with Crippen molar-refractivity contribution in [3.05, 3.63) is 35.9 Å². The molecule has 3 nitrogen and oxygen atoms in total. The highest BCUT2D eigenvalue weighted by molar-refractivity contribution is 5.91. The molecule has 0 spiro atoms. The summed E-state index contributed by atoms with van der Waals surface area (Å²) >= 11 is 0. The van der Waals surface area contributed by atoms with Crippen molar-refractivity contribution < 1.29 is 4.79 Å². The molecule has 20 heavy (non-hydrogen) atoms. The molecule has 1 aromatic heterocycles. The molecule has 104 valence electrons. The third-order valence-electron chi connectivity index (χ3n) is 4.24. The van der Waals surface area contributed by atoms with Gasteiger partial charge in [-0.1, -0.05) is 24.6 Å². The Morgan fingerprint density at radius 2 is 2.15 bits per heavy atom. The molecule has 0 unspecified atom stereocenters. The molecule has 0 atom stereocenters. The Morgan fingerprint density at radius 1 is 1.35 bits per heavy atom. The average molecular weight is 268 g/mol. The number of hydrogen-bond donors (Lipinski definition) is 0. The van der Waals surface area contributed by atoms with E-state index in [-0.39, 0.29) is 0 Å². The number of fused-ring (bicyclic) bond motifs is 1. The minimum Gasteiger partial charge on any atom is -0.356 e. The van der Waals surface area contributed by atoms with Gasteiger partial charge in [0.15, 0.2) is 6.29 Å². The topological polar surface area (TPSA) is 33.2 Å². The van der Waals surface area contributed by atoms with Crippen LogP contribution in [-0.4, -0.2) is 24.4 Å². The summed E-state index contributed by atoms with van der Waals surface area (Å²) in [6.45, 7) is 4.04. The number of carbonyl (C=O) groups is 1. The number of benzene rings is 1. The van der Waals surface area contributed by atoms with Gasteiger partial charge in [-0.25, -0.2) is 4.98 Å². The van der Waals surface area contributed by atoms with E-state index in [4.69, 9.17) is 4.98 Å². The summed E-state index contributed by atoms with van der Waals surface area (Å²) in [4.78, 5) is 18.4. The molecule has 0 amide bonds. The molecule has 2 aromatic rings. The summed E-state index contributed by atoms with van der Waals surface area (Å²) in [6.07, 6.45) is 4.88. The first kappa shape index (κ1) is 13.1. The fourth-order valence-electron chi connectivity index (χ4n) is 2.81. The maximum absolute atomic E-state index is 11.4. The van der Waals surface area contributed by atoms with Gasteiger partial charge in [-0.15, -0.1) is 0 Å². The van der Waals surface area contributed by atoms with Crippen molar-refractivity contribution in [2.75, 3.05) is 18.0 Å². The molecule has 3 rings (SSSR count). The highest BCUT2D eigenvalue weighted by atomic mass is 16.1. The number of rotatable bonds is 5. The van der Waals surface area contributed by atoms with Crippen molar-refractivity contribution in [2.45, 2.75) is 26.2 Å². The fourth-order valence-corrected chi connectivity index (χ4v) is 2.81. The fraction of sp³-hybridized carbons (Fsp3) is 0.412. The zero-order valence-electron chi connectivity index (χ0n) is 11.9. The van der Waals surface area contributed by atoms with Gasteiger partial charge in [0, 0.05) is 18.5 Å². The van der Waals surface area contributed by atoms with Gasteiger partial charge in [0.05, 0.1) is 11.1 Å². The number of hydrogen-bond acceptors (Lipinski definition) is 3. The van der Waals surface area contributed by atoms with Crippen molar-refractivity contribution in [2.24, 2.45) is 5.92 Å². The molecular formula is C17H20N2O. The monoisotopic (exact) mass is 268 g/mol. The van der Waals surface area contributed by atoms with Crippen LogP contribution in [0.2, 0.25) is 0 Å². The minimum atomic E-state index is 0.699. The Morgan fingerprint density at radius 3 is 2.80 bits per heavy atom. The van der Waals surface area contributed by atoms with Crippen molar-refractivity contribution >= 4 is 23.0 Å². The largest absolute Gasteiger partial charge is 0.356 e. The molecular weight excluding hydrogens is 248 g/mol. The normalized spacial score (nSPS) is 15.1. The quantitative estimate of drug-likeness (QED) is 0.776. The Labute approximate surface area is 119 Å². The van der Waals surface area contributed by atoms with E-state index in [1.165, 1.54) is 19.3 Å². The van der Waals surface area contributed by atoms with Crippen molar-refractivity contribution in [1.29, 1.82) is 0 Å². The van der Waals surface area contributed by atoms with Crippen LogP contribution in [0.15, 0.2) is 30.3 Å². The van der Waals surface area contributed by atoms with Gasteiger partial charge in [0.25, 0.3) is 0 Å². The molecule has 0 radical (unpaired) electrons. The third-order valence-corrected chi connectivity index (χ3v) is 4.24. The molecule has 1 fully saturated rings. The number of para-hydroxylation sites is 1. The summed E-state index contributed by atoms with van der Waals surface area (Å²) in [5, 5.41) is 1.03. The predicted octanol–water partition coefficient (Wildman–Crippen LogP) is 3.67. The van der Waals surface area contributed by atoms with Crippen molar-refractivity contribution in [3.8, 4) is 0 Å². The Kier molecular flexibility index (Phi) is 3.68. The third kappa shape index (κ3) is 2.40. The SMILES string of the molecule is CCN(CC1CCC1)c1nc2ccccc2cc1C=O. The van der Waals surface area contributed by atoms with E-state index in [2.05, 4.69) is 11.8 Å². The summed E-state index contributed by atoms with van der Waals surface area (Å²) < 4.78 is 0. The van der Waals surface area contributed by atoms with Crippen molar-refractivity contribution in [1.82, 2.24) is 4.98 Å². The number of aromatic nitrogens is 1. The summed E-state index contributed by atoms with van der Waals surface area (Å²) in [5.74, 6) is 1.61. The molecule has 1 aliphatic rings. The molecule has 3 heteroatoms. The number of pyridine rings is 1. The molecule has 0 bridgehead atoms. The number of nitrogens with zero attached hydrogens (tertiary/aromatic N) is 2. The van der Waals surface area contributed by atoms with E-state index in [1.54, 1.807) is 0 Å². The van der Waals surface area contributed by atoms with Crippen LogP contribution in [0.1, 0.15) is 36.5 Å². The van der Waals surface area contributed by atoms with E-state index in [1.807, 2.05) is 30.3 Å². The van der Waals surface area contributed by atoms with Crippen LogP contribution in [0.5, 0.6) is 0 Å². The molecule has 0 aliphatic heterocycles. The lowest BCUT2D eigenvalue weighted by Gasteiger charge is -2.33. The first-order valence-electron chi connectivity index (χ1n) is 7.41. The second-order valence-corrected chi connectivity index (χ2v) is 5.55. The molecule has 0 N–H and O–H groups in total. The Balaban J connectivity index is 2.00. The molecule has 1 heterocycles. The van der Waals surface area contributed by atoms with E-state index in [0.717, 1.165) is 42.0 Å². The Bertz CT molecular complexity index is 619. The average Bonchev–Trinajstić information content (AvgIpc) is 2.45. The van der Waals surface area contributed by atoms with E-state index < -0.39 is 0 Å². The highest BCUT2D eigenvalue weighted by Crippen LogP contribution is 2.30. The maximum Gasteiger partial charge on any atom is 0.153 e. The standard InChI is InChI=1S/C17H20N2O/c1-2-19(11-13-6-5-7-13)17-15(12-20)10-14-8-3-4-9-16(14)18-17/h3-4,8-10,12-13H,2,5-7,11H2,1H3. The minimum absolute atomic E-state index is 0.699. The lowest BCUT2D eigenvalue weighted by Crippen LogP contribution is -2.33. The van der Waals surface area contributed by atoms with Crippen LogP contribution in [0.25, 0.3) is 10.9 Å². The Hall–Kier alpha value is -1.90. The van der Waals surface area contributed by atoms with Crippen LogP contribution in [0, 0.1) is 5.92 Å². The predicted molar refractivity (Wildman–Crippen MR) is 82.4 cm³/mol. The summed E-state index contributed by atoms with van der Waals surface area (Å²) in [5.41, 5.74) is 1.66. The number of carbonyl (C=O) groups excluding carboxylic acids is 1. The van der Waals surface area contributed by atoms with Crippen LogP contribution in [-0.2, 0) is 0 Å². The van der Waals surface area contributed by atoms with Crippen LogP contribution in [0.4, 0.5) is 5.82 Å². The van der Waals surface area contributed by atoms with E-state index in [9.17, 15) is 4.79 Å².